The minimum absolute atomic E-state index is 0.0139. The number of rotatable bonds is 6. The van der Waals surface area contributed by atoms with Crippen LogP contribution in [0.25, 0.3) is 10.9 Å². The van der Waals surface area contributed by atoms with Crippen molar-refractivity contribution in [3.05, 3.63) is 62.7 Å². The zero-order valence-corrected chi connectivity index (χ0v) is 28.5. The summed E-state index contributed by atoms with van der Waals surface area (Å²) in [6, 6.07) is 5.99. The van der Waals surface area contributed by atoms with Gasteiger partial charge in [-0.05, 0) is 99.7 Å². The van der Waals surface area contributed by atoms with Gasteiger partial charge < -0.3 is 25.0 Å². The number of H-pyrrole nitrogens is 2. The molecule has 3 aromatic rings. The first-order chi connectivity index (χ1) is 22.8. The molecule has 1 aromatic carbocycles. The fourth-order valence-electron chi connectivity index (χ4n) is 8.03. The average Bonchev–Trinajstić information content (AvgIpc) is 3.57. The number of pyridine rings is 1. The summed E-state index contributed by atoms with van der Waals surface area (Å²) in [6.45, 7) is 8.49. The van der Waals surface area contributed by atoms with E-state index in [4.69, 9.17) is 0 Å². The Hall–Kier alpha value is -3.35. The van der Waals surface area contributed by atoms with Crippen molar-refractivity contribution in [3.8, 4) is 0 Å². The smallest absolute Gasteiger partial charge is 0.318 e. The molecule has 3 amide bonds. The first kappa shape index (κ1) is 32.2. The van der Waals surface area contributed by atoms with Gasteiger partial charge >= 0.3 is 6.03 Å². The molecule has 1 atom stereocenters. The van der Waals surface area contributed by atoms with Crippen molar-refractivity contribution in [2.75, 3.05) is 65.2 Å². The lowest BCUT2D eigenvalue weighted by molar-refractivity contribution is -0.135. The fraction of sp³-hybridized carbons (Fsp3) is 0.600. The number of aryl methyl sites for hydroxylation is 2. The van der Waals surface area contributed by atoms with Gasteiger partial charge in [0.15, 0.2) is 0 Å². The number of aromatic amines is 2. The van der Waals surface area contributed by atoms with Gasteiger partial charge in [0.1, 0.15) is 6.04 Å². The SMILES string of the molecule is Cc1cc(C[C@@H](NC(=O)N2CCC(c3cc4c([nH]c3=O)CSCC4)CC2)C(=O)N2CCN(C3CCN(C)CC3)CC2)cc2cn[nH]c12. The molecule has 0 spiro atoms. The van der Waals surface area contributed by atoms with E-state index in [-0.39, 0.29) is 23.4 Å². The van der Waals surface area contributed by atoms with Gasteiger partial charge in [-0.15, -0.1) is 0 Å². The molecule has 252 valence electrons. The fourth-order valence-corrected chi connectivity index (χ4v) is 9.00. The first-order valence-corrected chi connectivity index (χ1v) is 18.5. The molecule has 2 aromatic heterocycles. The number of benzene rings is 1. The van der Waals surface area contributed by atoms with Crippen LogP contribution in [0.1, 0.15) is 59.5 Å². The first-order valence-electron chi connectivity index (χ1n) is 17.3. The highest BCUT2D eigenvalue weighted by Gasteiger charge is 2.34. The average molecular weight is 661 g/mol. The van der Waals surface area contributed by atoms with E-state index in [2.05, 4.69) is 55.5 Å². The van der Waals surface area contributed by atoms with Crippen LogP contribution in [-0.4, -0.2) is 124 Å². The Balaban J connectivity index is 1.02. The Bertz CT molecular complexity index is 1650. The van der Waals surface area contributed by atoms with Crippen molar-refractivity contribution in [1.82, 2.24) is 40.1 Å². The van der Waals surface area contributed by atoms with Crippen LogP contribution in [0.5, 0.6) is 0 Å². The number of carbonyl (C=O) groups is 2. The molecule has 3 N–H and O–H groups in total. The molecule has 4 aliphatic rings. The summed E-state index contributed by atoms with van der Waals surface area (Å²) in [5, 5.41) is 11.4. The van der Waals surface area contributed by atoms with Crippen molar-refractivity contribution < 1.29 is 9.59 Å². The second-order valence-electron chi connectivity index (χ2n) is 14.0. The van der Waals surface area contributed by atoms with E-state index in [0.29, 0.717) is 38.6 Å². The third-order valence-corrected chi connectivity index (χ3v) is 11.9. The zero-order valence-electron chi connectivity index (χ0n) is 27.7. The van der Waals surface area contributed by atoms with Gasteiger partial charge in [0, 0.05) is 74.1 Å². The van der Waals surface area contributed by atoms with Crippen molar-refractivity contribution in [2.24, 2.45) is 0 Å². The summed E-state index contributed by atoms with van der Waals surface area (Å²) in [6.07, 6.45) is 7.03. The van der Waals surface area contributed by atoms with Crippen LogP contribution in [0.4, 0.5) is 4.79 Å². The van der Waals surface area contributed by atoms with Gasteiger partial charge in [0.25, 0.3) is 5.56 Å². The highest BCUT2D eigenvalue weighted by Crippen LogP contribution is 2.30. The predicted octanol–water partition coefficient (Wildman–Crippen LogP) is 3.09. The Labute approximate surface area is 280 Å². The molecule has 0 aliphatic carbocycles. The van der Waals surface area contributed by atoms with Crippen LogP contribution in [0.3, 0.4) is 0 Å². The number of piperazine rings is 1. The number of hydrogen-bond donors (Lipinski definition) is 3. The summed E-state index contributed by atoms with van der Waals surface area (Å²) in [5.41, 5.74) is 6.25. The van der Waals surface area contributed by atoms with Crippen LogP contribution in [0.2, 0.25) is 0 Å². The van der Waals surface area contributed by atoms with Crippen LogP contribution >= 0.6 is 11.8 Å². The minimum Gasteiger partial charge on any atom is -0.338 e. The van der Waals surface area contributed by atoms with Crippen molar-refractivity contribution >= 4 is 34.6 Å². The molecule has 7 rings (SSSR count). The topological polar surface area (TPSA) is 121 Å². The third-order valence-electron chi connectivity index (χ3n) is 10.9. The number of nitrogens with one attached hydrogen (secondary N) is 3. The molecular weight excluding hydrogens is 613 g/mol. The number of hydrogen-bond acceptors (Lipinski definition) is 7. The van der Waals surface area contributed by atoms with Crippen LogP contribution in [0, 0.1) is 6.92 Å². The molecule has 12 heteroatoms. The minimum atomic E-state index is -0.666. The highest BCUT2D eigenvalue weighted by molar-refractivity contribution is 7.98. The number of aromatic nitrogens is 3. The molecule has 0 radical (unpaired) electrons. The van der Waals surface area contributed by atoms with Gasteiger partial charge in [0.05, 0.1) is 11.7 Å². The largest absolute Gasteiger partial charge is 0.338 e. The molecule has 6 heterocycles. The number of piperidine rings is 2. The normalized spacial score (nSPS) is 21.1. The number of thioether (sulfide) groups is 1. The number of nitrogens with zero attached hydrogens (tertiary/aromatic N) is 5. The second kappa shape index (κ2) is 14.0. The Morgan fingerprint density at radius 1 is 1.00 bits per heavy atom. The molecule has 4 aliphatic heterocycles. The molecule has 47 heavy (non-hydrogen) atoms. The van der Waals surface area contributed by atoms with Gasteiger partial charge in [0.2, 0.25) is 5.91 Å². The zero-order chi connectivity index (χ0) is 32.5. The van der Waals surface area contributed by atoms with Gasteiger partial charge in [-0.25, -0.2) is 4.79 Å². The highest BCUT2D eigenvalue weighted by atomic mass is 32.2. The molecule has 3 fully saturated rings. The third kappa shape index (κ3) is 7.10. The summed E-state index contributed by atoms with van der Waals surface area (Å²) in [4.78, 5) is 52.7. The monoisotopic (exact) mass is 660 g/mol. The lowest BCUT2D eigenvalue weighted by atomic mass is 9.89. The summed E-state index contributed by atoms with van der Waals surface area (Å²) >= 11 is 1.86. The van der Waals surface area contributed by atoms with Gasteiger partial charge in [-0.3, -0.25) is 19.6 Å². The maximum atomic E-state index is 14.1. The number of fused-ring (bicyclic) bond motifs is 2. The van der Waals surface area contributed by atoms with Crippen LogP contribution in [0.15, 0.2) is 29.2 Å². The molecule has 0 unspecified atom stereocenters. The van der Waals surface area contributed by atoms with Crippen molar-refractivity contribution in [3.63, 3.8) is 0 Å². The number of urea groups is 1. The van der Waals surface area contributed by atoms with Gasteiger partial charge in [-0.2, -0.15) is 16.9 Å². The lowest BCUT2D eigenvalue weighted by Crippen LogP contribution is -2.59. The maximum absolute atomic E-state index is 14.1. The molecule has 0 saturated carbocycles. The molecular formula is C35H48N8O3S. The number of amides is 3. The van der Waals surface area contributed by atoms with E-state index in [1.807, 2.05) is 28.5 Å². The summed E-state index contributed by atoms with van der Waals surface area (Å²) in [7, 11) is 2.19. The number of likely N-dealkylation sites (tertiary alicyclic amines) is 2. The van der Waals surface area contributed by atoms with Crippen LogP contribution in [-0.2, 0) is 23.4 Å². The molecule has 11 nitrogen and oxygen atoms in total. The Morgan fingerprint density at radius 2 is 1.77 bits per heavy atom. The summed E-state index contributed by atoms with van der Waals surface area (Å²) in [5.74, 6) is 2.07. The Morgan fingerprint density at radius 3 is 2.53 bits per heavy atom. The molecule has 0 bridgehead atoms. The summed E-state index contributed by atoms with van der Waals surface area (Å²) < 4.78 is 0. The Kier molecular flexibility index (Phi) is 9.61. The van der Waals surface area contributed by atoms with E-state index in [0.717, 1.165) is 90.2 Å². The van der Waals surface area contributed by atoms with Crippen molar-refractivity contribution in [1.29, 1.82) is 0 Å². The van der Waals surface area contributed by atoms with E-state index in [1.165, 1.54) is 18.4 Å². The molecule has 3 saturated heterocycles. The standard InChI is InChI=1S/C35H48N8O3S/c1-23-17-24(18-27-21-36-39-32(23)27)19-30(34(45)42-14-12-41(13-15-42)28-5-8-40(2)9-6-28)38-35(46)43-10-3-25(4-11-43)29-20-26-7-16-47-22-31(26)37-33(29)44/h17-18,20-21,25,28,30H,3-16,19,22H2,1-2H3,(H,36,39)(H,37,44)(H,38,46)/t30-/m1/s1. The van der Waals surface area contributed by atoms with Gasteiger partial charge in [-0.1, -0.05) is 6.07 Å². The van der Waals surface area contributed by atoms with E-state index >= 15 is 0 Å². The predicted molar refractivity (Wildman–Crippen MR) is 186 cm³/mol. The number of carbonyl (C=O) groups excluding carboxylic acids is 2. The van der Waals surface area contributed by atoms with Crippen molar-refractivity contribution in [2.45, 2.75) is 69.2 Å². The van der Waals surface area contributed by atoms with E-state index in [9.17, 15) is 14.4 Å². The van der Waals surface area contributed by atoms with Crippen LogP contribution < -0.4 is 10.9 Å². The quantitative estimate of drug-likeness (QED) is 0.372. The van der Waals surface area contributed by atoms with E-state index < -0.39 is 6.04 Å². The van der Waals surface area contributed by atoms with E-state index in [1.54, 1.807) is 6.20 Å². The lowest BCUT2D eigenvalue weighted by Gasteiger charge is -2.43. The second-order valence-corrected chi connectivity index (χ2v) is 15.1. The maximum Gasteiger partial charge on any atom is 0.318 e.